The number of benzene rings is 1. The standard InChI is InChI=1S/C15H17F3N4O/c1-14(2,9-19)20-13(23)10-4-3-5-11(8-10)22-7-6-12(21-22)15(16,17)18/h3-8H,9,19H2,1-2H3,(H,20,23). The summed E-state index contributed by atoms with van der Waals surface area (Å²) < 4.78 is 38.9. The molecule has 0 aliphatic carbocycles. The molecule has 8 heteroatoms. The van der Waals surface area contributed by atoms with E-state index in [9.17, 15) is 18.0 Å². The monoisotopic (exact) mass is 326 g/mol. The van der Waals surface area contributed by atoms with Crippen molar-refractivity contribution in [3.8, 4) is 5.69 Å². The number of aromatic nitrogens is 2. The van der Waals surface area contributed by atoms with E-state index in [1.54, 1.807) is 32.0 Å². The summed E-state index contributed by atoms with van der Waals surface area (Å²) in [5.41, 5.74) is 4.66. The highest BCUT2D eigenvalue weighted by Crippen LogP contribution is 2.27. The Hall–Kier alpha value is -2.35. The van der Waals surface area contributed by atoms with Gasteiger partial charge < -0.3 is 11.1 Å². The molecule has 0 unspecified atom stereocenters. The van der Waals surface area contributed by atoms with Crippen molar-refractivity contribution in [1.82, 2.24) is 15.1 Å². The Balaban J connectivity index is 2.27. The summed E-state index contributed by atoms with van der Waals surface area (Å²) in [7, 11) is 0. The molecule has 23 heavy (non-hydrogen) atoms. The zero-order valence-corrected chi connectivity index (χ0v) is 12.7. The van der Waals surface area contributed by atoms with Crippen LogP contribution in [0.15, 0.2) is 36.5 Å². The van der Waals surface area contributed by atoms with Crippen LogP contribution in [0.1, 0.15) is 29.9 Å². The number of nitrogens with two attached hydrogens (primary N) is 1. The third kappa shape index (κ3) is 4.10. The largest absolute Gasteiger partial charge is 0.435 e. The minimum Gasteiger partial charge on any atom is -0.346 e. The topological polar surface area (TPSA) is 72.9 Å². The molecule has 5 nitrogen and oxygen atoms in total. The number of carbonyl (C=O) groups excluding carboxylic acids is 1. The Morgan fingerprint density at radius 3 is 2.57 bits per heavy atom. The van der Waals surface area contributed by atoms with Crippen LogP contribution in [0, 0.1) is 0 Å². The molecule has 1 amide bonds. The minimum absolute atomic E-state index is 0.256. The number of hydrogen-bond donors (Lipinski definition) is 2. The van der Waals surface area contributed by atoms with E-state index in [2.05, 4.69) is 10.4 Å². The van der Waals surface area contributed by atoms with Crippen molar-refractivity contribution >= 4 is 5.91 Å². The summed E-state index contributed by atoms with van der Waals surface area (Å²) in [5, 5.41) is 6.24. The highest BCUT2D eigenvalue weighted by atomic mass is 19.4. The number of hydrogen-bond acceptors (Lipinski definition) is 3. The quantitative estimate of drug-likeness (QED) is 0.906. The van der Waals surface area contributed by atoms with E-state index in [-0.39, 0.29) is 12.5 Å². The molecule has 1 heterocycles. The van der Waals surface area contributed by atoms with Gasteiger partial charge in [-0.1, -0.05) is 6.07 Å². The molecular weight excluding hydrogens is 309 g/mol. The van der Waals surface area contributed by atoms with Crippen LogP contribution in [-0.2, 0) is 6.18 Å². The van der Waals surface area contributed by atoms with Gasteiger partial charge in [0.25, 0.3) is 5.91 Å². The van der Waals surface area contributed by atoms with E-state index < -0.39 is 17.4 Å². The second-order valence-corrected chi connectivity index (χ2v) is 5.74. The van der Waals surface area contributed by atoms with Gasteiger partial charge in [0.15, 0.2) is 5.69 Å². The van der Waals surface area contributed by atoms with Gasteiger partial charge in [-0.15, -0.1) is 0 Å². The molecule has 0 saturated heterocycles. The van der Waals surface area contributed by atoms with Gasteiger partial charge in [0, 0.05) is 23.8 Å². The Morgan fingerprint density at radius 1 is 1.30 bits per heavy atom. The van der Waals surface area contributed by atoms with Crippen LogP contribution >= 0.6 is 0 Å². The summed E-state index contributed by atoms with van der Waals surface area (Å²) >= 11 is 0. The molecule has 3 N–H and O–H groups in total. The highest BCUT2D eigenvalue weighted by molar-refractivity contribution is 5.95. The summed E-state index contributed by atoms with van der Waals surface area (Å²) in [6, 6.07) is 7.06. The minimum atomic E-state index is -4.51. The number of carbonyl (C=O) groups is 1. The third-order valence-electron chi connectivity index (χ3n) is 3.21. The highest BCUT2D eigenvalue weighted by Gasteiger charge is 2.33. The third-order valence-corrected chi connectivity index (χ3v) is 3.21. The van der Waals surface area contributed by atoms with Crippen LogP contribution in [-0.4, -0.2) is 27.8 Å². The van der Waals surface area contributed by atoms with Crippen LogP contribution in [0.5, 0.6) is 0 Å². The lowest BCUT2D eigenvalue weighted by Crippen LogP contribution is -2.48. The summed E-state index contributed by atoms with van der Waals surface area (Å²) in [6.07, 6.45) is -3.31. The fourth-order valence-electron chi connectivity index (χ4n) is 1.84. The fraction of sp³-hybridized carbons (Fsp3) is 0.333. The molecule has 0 spiro atoms. The van der Waals surface area contributed by atoms with Crippen molar-refractivity contribution in [1.29, 1.82) is 0 Å². The van der Waals surface area contributed by atoms with Gasteiger partial charge in [-0.2, -0.15) is 18.3 Å². The van der Waals surface area contributed by atoms with Gasteiger partial charge >= 0.3 is 6.18 Å². The number of amides is 1. The van der Waals surface area contributed by atoms with E-state index >= 15 is 0 Å². The second-order valence-electron chi connectivity index (χ2n) is 5.74. The Kier molecular flexibility index (Phi) is 4.46. The lowest BCUT2D eigenvalue weighted by molar-refractivity contribution is -0.141. The predicted octanol–water partition coefficient (Wildman–Crippen LogP) is 2.36. The molecule has 0 bridgehead atoms. The normalized spacial score (nSPS) is 12.3. The number of rotatable bonds is 4. The number of nitrogens with zero attached hydrogens (tertiary/aromatic N) is 2. The lowest BCUT2D eigenvalue weighted by Gasteiger charge is -2.24. The van der Waals surface area contributed by atoms with Gasteiger partial charge in [0.2, 0.25) is 0 Å². The fourth-order valence-corrected chi connectivity index (χ4v) is 1.84. The zero-order chi connectivity index (χ0) is 17.3. The molecule has 0 fully saturated rings. The molecule has 0 aliphatic heterocycles. The smallest absolute Gasteiger partial charge is 0.346 e. The first kappa shape index (κ1) is 17.0. The zero-order valence-electron chi connectivity index (χ0n) is 12.7. The van der Waals surface area contributed by atoms with Gasteiger partial charge in [-0.05, 0) is 38.1 Å². The molecule has 0 aliphatic rings. The van der Waals surface area contributed by atoms with Crippen molar-refractivity contribution < 1.29 is 18.0 Å². The van der Waals surface area contributed by atoms with Crippen LogP contribution in [0.25, 0.3) is 5.69 Å². The first-order valence-corrected chi connectivity index (χ1v) is 6.88. The van der Waals surface area contributed by atoms with Crippen LogP contribution in [0.4, 0.5) is 13.2 Å². The average molecular weight is 326 g/mol. The summed E-state index contributed by atoms with van der Waals surface area (Å²) in [4.78, 5) is 12.2. The number of alkyl halides is 3. The van der Waals surface area contributed by atoms with Crippen molar-refractivity contribution in [2.45, 2.75) is 25.6 Å². The van der Waals surface area contributed by atoms with Crippen LogP contribution < -0.4 is 11.1 Å². The van der Waals surface area contributed by atoms with Gasteiger partial charge in [0.05, 0.1) is 5.69 Å². The van der Waals surface area contributed by atoms with Crippen molar-refractivity contribution in [2.75, 3.05) is 6.54 Å². The molecule has 0 radical (unpaired) electrons. The van der Waals surface area contributed by atoms with Crippen LogP contribution in [0.2, 0.25) is 0 Å². The molecule has 0 atom stereocenters. The Bertz CT molecular complexity index is 707. The van der Waals surface area contributed by atoms with E-state index in [1.807, 2.05) is 0 Å². The van der Waals surface area contributed by atoms with E-state index in [1.165, 1.54) is 12.3 Å². The molecule has 0 saturated carbocycles. The van der Waals surface area contributed by atoms with Crippen molar-refractivity contribution in [2.24, 2.45) is 5.73 Å². The molecule has 1 aromatic carbocycles. The van der Waals surface area contributed by atoms with E-state index in [0.29, 0.717) is 11.3 Å². The first-order valence-electron chi connectivity index (χ1n) is 6.88. The SMILES string of the molecule is CC(C)(CN)NC(=O)c1cccc(-n2ccc(C(F)(F)F)n2)c1. The lowest BCUT2D eigenvalue weighted by atomic mass is 10.1. The first-order chi connectivity index (χ1) is 10.6. The number of halogens is 3. The second kappa shape index (κ2) is 6.04. The average Bonchev–Trinajstić information content (AvgIpc) is 2.97. The summed E-state index contributed by atoms with van der Waals surface area (Å²) in [6.45, 7) is 3.81. The maximum Gasteiger partial charge on any atom is 0.435 e. The maximum absolute atomic E-state index is 12.6. The molecular formula is C15H17F3N4O. The molecule has 2 aromatic rings. The Labute approximate surface area is 131 Å². The van der Waals surface area contributed by atoms with E-state index in [4.69, 9.17) is 5.73 Å². The number of nitrogens with one attached hydrogen (secondary N) is 1. The predicted molar refractivity (Wildman–Crippen MR) is 79.2 cm³/mol. The van der Waals surface area contributed by atoms with Crippen molar-refractivity contribution in [3.05, 3.63) is 47.8 Å². The molecule has 2 rings (SSSR count). The molecule has 124 valence electrons. The Morgan fingerprint density at radius 2 is 2.00 bits per heavy atom. The van der Waals surface area contributed by atoms with Gasteiger partial charge in [-0.25, -0.2) is 4.68 Å². The van der Waals surface area contributed by atoms with Crippen LogP contribution in [0.3, 0.4) is 0 Å². The van der Waals surface area contributed by atoms with Crippen molar-refractivity contribution in [3.63, 3.8) is 0 Å². The summed E-state index contributed by atoms with van der Waals surface area (Å²) in [5.74, 6) is -0.356. The maximum atomic E-state index is 12.6. The van der Waals surface area contributed by atoms with E-state index in [0.717, 1.165) is 10.7 Å². The van der Waals surface area contributed by atoms with Gasteiger partial charge in [-0.3, -0.25) is 4.79 Å². The molecule has 1 aromatic heterocycles. The van der Waals surface area contributed by atoms with Gasteiger partial charge in [0.1, 0.15) is 0 Å².